The molecule has 1 aliphatic rings. The van der Waals surface area contributed by atoms with Gasteiger partial charge in [-0.2, -0.15) is 0 Å². The van der Waals surface area contributed by atoms with Gasteiger partial charge in [-0.05, 0) is 43.3 Å². The van der Waals surface area contributed by atoms with Crippen molar-refractivity contribution >= 4 is 51.9 Å². The van der Waals surface area contributed by atoms with Gasteiger partial charge in [0.25, 0.3) is 5.91 Å². The average Bonchev–Trinajstić information content (AvgIpc) is 2.96. The number of hydrogen-bond donors (Lipinski definition) is 0. The van der Waals surface area contributed by atoms with Crippen molar-refractivity contribution in [2.24, 2.45) is 0 Å². The summed E-state index contributed by atoms with van der Waals surface area (Å²) in [5, 5.41) is 0.560. The van der Waals surface area contributed by atoms with Crippen LogP contribution in [0.1, 0.15) is 11.1 Å². The van der Waals surface area contributed by atoms with Gasteiger partial charge in [0, 0.05) is 17.6 Å². The van der Waals surface area contributed by atoms with Gasteiger partial charge in [-0.1, -0.05) is 53.3 Å². The number of likely N-dealkylation sites (N-methyl/N-ethyl adjacent to an activating group) is 1. The van der Waals surface area contributed by atoms with Crippen molar-refractivity contribution in [3.05, 3.63) is 63.5 Å². The molecule has 3 rings (SSSR count). The number of ether oxygens (including phenoxy) is 3. The maximum absolute atomic E-state index is 12.2. The second-order valence-corrected chi connectivity index (χ2v) is 8.66. The molecule has 0 aliphatic carbocycles. The van der Waals surface area contributed by atoms with Crippen LogP contribution in [0.4, 0.5) is 0 Å². The van der Waals surface area contributed by atoms with E-state index in [1.165, 1.54) is 22.2 Å². The van der Waals surface area contributed by atoms with Crippen LogP contribution < -0.4 is 9.47 Å². The van der Waals surface area contributed by atoms with Crippen LogP contribution in [0.25, 0.3) is 6.08 Å². The fourth-order valence-corrected chi connectivity index (χ4v) is 3.97. The fourth-order valence-electron chi connectivity index (χ4n) is 2.62. The Morgan fingerprint density at radius 1 is 1.07 bits per heavy atom. The highest BCUT2D eigenvalue weighted by Gasteiger charge is 2.29. The van der Waals surface area contributed by atoms with E-state index in [2.05, 4.69) is 0 Å². The lowest BCUT2D eigenvalue weighted by Crippen LogP contribution is -2.22. The van der Waals surface area contributed by atoms with E-state index in [-0.39, 0.29) is 5.91 Å². The van der Waals surface area contributed by atoms with E-state index in [0.29, 0.717) is 46.4 Å². The van der Waals surface area contributed by atoms with E-state index in [1.54, 1.807) is 31.3 Å². The summed E-state index contributed by atoms with van der Waals surface area (Å²) in [6.07, 6.45) is 1.75. The number of benzene rings is 2. The van der Waals surface area contributed by atoms with Crippen LogP contribution in [0.5, 0.6) is 11.5 Å². The summed E-state index contributed by atoms with van der Waals surface area (Å²) in [6, 6.07) is 13.2. The SMILES string of the molecule is Cc1ccc(OCCOCCOc2ccc(Cl)cc2/C=C2/SC(=S)N(C)C2=O)cc1. The van der Waals surface area contributed by atoms with Crippen LogP contribution in [0.3, 0.4) is 0 Å². The summed E-state index contributed by atoms with van der Waals surface area (Å²) in [7, 11) is 1.66. The van der Waals surface area contributed by atoms with Crippen LogP contribution in [0.15, 0.2) is 47.4 Å². The first kappa shape index (κ1) is 22.6. The van der Waals surface area contributed by atoms with Crippen molar-refractivity contribution in [2.75, 3.05) is 33.5 Å². The van der Waals surface area contributed by atoms with E-state index >= 15 is 0 Å². The van der Waals surface area contributed by atoms with Crippen molar-refractivity contribution in [2.45, 2.75) is 6.92 Å². The highest BCUT2D eigenvalue weighted by Crippen LogP contribution is 2.34. The first-order valence-electron chi connectivity index (χ1n) is 9.35. The molecule has 1 amide bonds. The predicted octanol–water partition coefficient (Wildman–Crippen LogP) is 4.95. The van der Waals surface area contributed by atoms with Gasteiger partial charge in [-0.15, -0.1) is 0 Å². The highest BCUT2D eigenvalue weighted by molar-refractivity contribution is 8.26. The Morgan fingerprint density at radius 2 is 1.77 bits per heavy atom. The molecular formula is C22H22ClNO4S2. The van der Waals surface area contributed by atoms with E-state index < -0.39 is 0 Å². The summed E-state index contributed by atoms with van der Waals surface area (Å²) >= 11 is 12.6. The van der Waals surface area contributed by atoms with Crippen LogP contribution >= 0.6 is 35.6 Å². The Kier molecular flexibility index (Phi) is 8.16. The second-order valence-electron chi connectivity index (χ2n) is 6.55. The molecule has 1 heterocycles. The number of rotatable bonds is 9. The number of nitrogens with zero attached hydrogens (tertiary/aromatic N) is 1. The molecule has 2 aromatic carbocycles. The molecule has 1 fully saturated rings. The van der Waals surface area contributed by atoms with Crippen LogP contribution in [-0.2, 0) is 9.53 Å². The smallest absolute Gasteiger partial charge is 0.265 e. The molecule has 1 aliphatic heterocycles. The van der Waals surface area contributed by atoms with Gasteiger partial charge in [0.15, 0.2) is 0 Å². The zero-order chi connectivity index (χ0) is 21.5. The predicted molar refractivity (Wildman–Crippen MR) is 125 cm³/mol. The third-order valence-electron chi connectivity index (χ3n) is 4.25. The number of amides is 1. The maximum Gasteiger partial charge on any atom is 0.265 e. The normalized spacial score (nSPS) is 15.2. The number of thioether (sulfide) groups is 1. The van der Waals surface area contributed by atoms with Gasteiger partial charge in [0.05, 0.1) is 18.1 Å². The first-order valence-corrected chi connectivity index (χ1v) is 11.0. The lowest BCUT2D eigenvalue weighted by molar-refractivity contribution is -0.121. The van der Waals surface area contributed by atoms with Gasteiger partial charge in [0.1, 0.15) is 29.0 Å². The summed E-state index contributed by atoms with van der Waals surface area (Å²) in [5.41, 5.74) is 1.91. The van der Waals surface area contributed by atoms with Crippen LogP contribution in [-0.4, -0.2) is 48.6 Å². The van der Waals surface area contributed by atoms with E-state index in [1.807, 2.05) is 31.2 Å². The molecule has 0 bridgehead atoms. The van der Waals surface area contributed by atoms with Gasteiger partial charge in [0.2, 0.25) is 0 Å². The average molecular weight is 464 g/mol. The standard InChI is InChI=1S/C22H22ClNO4S2/c1-15-3-6-18(7-4-15)27-11-9-26-10-12-28-19-8-5-17(23)13-16(19)14-20-21(25)24(2)22(29)30-20/h3-8,13-14H,9-12H2,1-2H3/b20-14+. The third kappa shape index (κ3) is 6.22. The van der Waals surface area contributed by atoms with Gasteiger partial charge < -0.3 is 14.2 Å². The molecule has 5 nitrogen and oxygen atoms in total. The Morgan fingerprint density at radius 3 is 2.43 bits per heavy atom. The minimum atomic E-state index is -0.132. The molecule has 8 heteroatoms. The van der Waals surface area contributed by atoms with E-state index in [0.717, 1.165) is 11.3 Å². The quantitative estimate of drug-likeness (QED) is 0.298. The molecule has 158 valence electrons. The monoisotopic (exact) mass is 463 g/mol. The molecule has 1 saturated heterocycles. The molecule has 2 aromatic rings. The molecule has 0 spiro atoms. The molecule has 0 unspecified atom stereocenters. The largest absolute Gasteiger partial charge is 0.491 e. The molecular weight excluding hydrogens is 442 g/mol. The van der Waals surface area contributed by atoms with Crippen molar-refractivity contribution in [3.8, 4) is 11.5 Å². The van der Waals surface area contributed by atoms with Crippen molar-refractivity contribution in [1.82, 2.24) is 4.90 Å². The Hall–Kier alpha value is -2.06. The van der Waals surface area contributed by atoms with Crippen molar-refractivity contribution < 1.29 is 19.0 Å². The van der Waals surface area contributed by atoms with Gasteiger partial charge in [-0.3, -0.25) is 9.69 Å². The summed E-state index contributed by atoms with van der Waals surface area (Å²) in [4.78, 5) is 14.2. The number of carbonyl (C=O) groups is 1. The molecule has 0 saturated carbocycles. The minimum absolute atomic E-state index is 0.132. The highest BCUT2D eigenvalue weighted by atomic mass is 35.5. The van der Waals surface area contributed by atoms with Gasteiger partial charge >= 0.3 is 0 Å². The number of carbonyl (C=O) groups excluding carboxylic acids is 1. The second kappa shape index (κ2) is 10.8. The summed E-state index contributed by atoms with van der Waals surface area (Å²) in [5.74, 6) is 1.32. The zero-order valence-electron chi connectivity index (χ0n) is 16.7. The molecule has 0 aromatic heterocycles. The molecule has 0 N–H and O–H groups in total. The van der Waals surface area contributed by atoms with E-state index in [9.17, 15) is 4.79 Å². The Bertz CT molecular complexity index is 947. The fraction of sp³-hybridized carbons (Fsp3) is 0.273. The van der Waals surface area contributed by atoms with Crippen molar-refractivity contribution in [3.63, 3.8) is 0 Å². The number of halogens is 1. The van der Waals surface area contributed by atoms with Crippen LogP contribution in [0, 0.1) is 6.92 Å². The maximum atomic E-state index is 12.2. The van der Waals surface area contributed by atoms with Crippen molar-refractivity contribution in [1.29, 1.82) is 0 Å². The molecule has 0 atom stereocenters. The van der Waals surface area contributed by atoms with Crippen LogP contribution in [0.2, 0.25) is 5.02 Å². The molecule has 30 heavy (non-hydrogen) atoms. The first-order chi connectivity index (χ1) is 14.4. The van der Waals surface area contributed by atoms with E-state index in [4.69, 9.17) is 38.0 Å². The number of thiocarbonyl (C=S) groups is 1. The lowest BCUT2D eigenvalue weighted by atomic mass is 10.2. The topological polar surface area (TPSA) is 48.0 Å². The summed E-state index contributed by atoms with van der Waals surface area (Å²) < 4.78 is 17.6. The summed E-state index contributed by atoms with van der Waals surface area (Å²) in [6.45, 7) is 3.74. The Labute approximate surface area is 190 Å². The number of aryl methyl sites for hydroxylation is 1. The Balaban J connectivity index is 1.47. The lowest BCUT2D eigenvalue weighted by Gasteiger charge is -2.11. The number of hydrogen-bond acceptors (Lipinski definition) is 6. The van der Waals surface area contributed by atoms with Gasteiger partial charge in [-0.25, -0.2) is 0 Å². The zero-order valence-corrected chi connectivity index (χ0v) is 19.1. The third-order valence-corrected chi connectivity index (χ3v) is 5.97. The molecule has 0 radical (unpaired) electrons. The minimum Gasteiger partial charge on any atom is -0.491 e.